The highest BCUT2D eigenvalue weighted by molar-refractivity contribution is 5.66. The minimum absolute atomic E-state index is 0.185. The molecule has 116 heavy (non-hydrogen) atoms. The molecule has 2 aliphatic carbocycles. The largest absolute Gasteiger partial charge is 0.619 e. The van der Waals surface area contributed by atoms with Gasteiger partial charge in [0.2, 0.25) is 0 Å². The summed E-state index contributed by atoms with van der Waals surface area (Å²) in [5.41, 5.74) is 11.8. The van der Waals surface area contributed by atoms with Gasteiger partial charge in [0.05, 0.1) is 24.8 Å². The van der Waals surface area contributed by atoms with Crippen molar-refractivity contribution < 1.29 is 34.6 Å². The summed E-state index contributed by atoms with van der Waals surface area (Å²) in [6.07, 6.45) is 42.3. The van der Waals surface area contributed by atoms with E-state index in [2.05, 4.69) is 106 Å². The van der Waals surface area contributed by atoms with Gasteiger partial charge < -0.3 is 77.3 Å². The number of fused-ring (bicyclic) bond motifs is 4. The number of aliphatic hydroxyl groups is 4. The first-order chi connectivity index (χ1) is 56.9. The summed E-state index contributed by atoms with van der Waals surface area (Å²) in [4.78, 5) is 31.0. The molecule has 0 aromatic carbocycles. The molecule has 3 saturated heterocycles. The number of rotatable bonds is 28. The monoisotopic (exact) mass is 1580 g/mol. The first kappa shape index (κ1) is 81.3. The van der Waals surface area contributed by atoms with Gasteiger partial charge in [0.1, 0.15) is 46.5 Å². The Morgan fingerprint density at radius 1 is 0.422 bits per heavy atom. The topological polar surface area (TPSA) is 365 Å². The lowest BCUT2D eigenvalue weighted by Crippen LogP contribution is -2.40. The molecule has 5 fully saturated rings. The van der Waals surface area contributed by atoms with Crippen molar-refractivity contribution in [2.75, 3.05) is 87.3 Å². The summed E-state index contributed by atoms with van der Waals surface area (Å²) in [7, 11) is 0. The van der Waals surface area contributed by atoms with Crippen LogP contribution in [-0.2, 0) is 45.4 Å². The molecule has 31 heteroatoms. The Morgan fingerprint density at radius 3 is 1.22 bits per heavy atom. The smallest absolute Gasteiger partial charge is 0.185 e. The highest BCUT2D eigenvalue weighted by Gasteiger charge is 2.32. The van der Waals surface area contributed by atoms with Crippen LogP contribution in [0.25, 0.3) is 22.6 Å². The molecule has 5 aliphatic rings. The van der Waals surface area contributed by atoms with E-state index in [0.717, 1.165) is 238 Å². The van der Waals surface area contributed by atoms with Crippen LogP contribution >= 0.6 is 0 Å². The van der Waals surface area contributed by atoms with Crippen molar-refractivity contribution in [1.29, 1.82) is 0 Å². The summed E-state index contributed by atoms with van der Waals surface area (Å²) in [5, 5.41) is 108. The molecule has 614 valence electrons. The zero-order valence-corrected chi connectivity index (χ0v) is 67.0. The quantitative estimate of drug-likeness (QED) is 0.0162. The van der Waals surface area contributed by atoms with E-state index in [-0.39, 0.29) is 38.4 Å². The standard InChI is InChI=1S/C22H28N6O2.2C21H28N6O2.C21H28N6O/c29-11-8-18-5-1-2-10-27(18)21-12-20(23-13-16-4-3-9-26(30)15-16)28-22(25-21)19(14-24-28)17-6-7-17;1-2-17-14-23-27-19(22-13-16-6-5-9-25(29)15-16)12-20(24-21(17)27)26-10-4-3-7-18(26)8-11-28;1-2-16-12-23-27-20(22-11-15-6-5-9-26(29)13-15)10-19(25-21(16)27)24-18-8-4-3-7-17(18)14-28;1-2-17-15-24-27-19(23-14-16-6-5-9-22-13-16)12-20(25-21(17)27)26-10-4-3-7-18(26)8-11-28/h3-4,9,12,14-15,17-18,23,29H,1-2,5-8,10-11,13H2;5-6,9,12,14-15,18,22,28H,2-4,7-8,10-11,13H2,1H3;5-6,9-10,12-13,17-18,22,28H,2-4,7-8,11,14H2,1H3,(H,24,25);5-6,9,12-13,15,18,23,28H,2-4,7-8,10-11,14H2,1H3/t2*18-;17-,18-;18-/m0000/s1. The third-order valence-electron chi connectivity index (χ3n) is 23.0. The van der Waals surface area contributed by atoms with E-state index in [0.29, 0.717) is 50.2 Å². The van der Waals surface area contributed by atoms with Crippen LogP contribution < -0.4 is 55.5 Å². The fourth-order valence-corrected chi connectivity index (χ4v) is 16.6. The highest BCUT2D eigenvalue weighted by atomic mass is 16.5. The van der Waals surface area contributed by atoms with Gasteiger partial charge in [-0.1, -0.05) is 39.7 Å². The number of pyridine rings is 4. The number of aryl methyl sites for hydroxylation is 3. The average molecular weight is 1580 g/mol. The number of hydrogen-bond donors (Lipinski definition) is 9. The molecule has 0 bridgehead atoms. The molecule has 0 amide bonds. The van der Waals surface area contributed by atoms with Crippen molar-refractivity contribution in [2.24, 2.45) is 5.92 Å². The van der Waals surface area contributed by atoms with Crippen molar-refractivity contribution in [3.05, 3.63) is 207 Å². The molecule has 12 aromatic heterocycles. The fraction of sp³-hybridized carbons (Fsp3) is 0.482. The number of aromatic nitrogens is 16. The van der Waals surface area contributed by atoms with Gasteiger partial charge in [-0.15, -0.1) is 0 Å². The number of anilines is 8. The van der Waals surface area contributed by atoms with Crippen LogP contribution in [-0.4, -0.2) is 154 Å². The zero-order valence-electron chi connectivity index (χ0n) is 67.0. The molecule has 2 saturated carbocycles. The van der Waals surface area contributed by atoms with Crippen LogP contribution in [0.3, 0.4) is 0 Å². The van der Waals surface area contributed by atoms with Gasteiger partial charge in [0, 0.05) is 196 Å². The molecule has 31 nitrogen and oxygen atoms in total. The van der Waals surface area contributed by atoms with Crippen molar-refractivity contribution >= 4 is 69.1 Å². The average Bonchev–Trinajstić information content (AvgIpc) is 1.58. The van der Waals surface area contributed by atoms with Gasteiger partial charge in [0.25, 0.3) is 0 Å². The summed E-state index contributed by atoms with van der Waals surface area (Å²) in [6, 6.07) is 24.3. The van der Waals surface area contributed by atoms with Crippen LogP contribution in [0.1, 0.15) is 187 Å². The molecule has 9 N–H and O–H groups in total. The van der Waals surface area contributed by atoms with E-state index in [9.17, 15) is 36.0 Å². The molecule has 12 aromatic rings. The van der Waals surface area contributed by atoms with Crippen LogP contribution in [0.5, 0.6) is 0 Å². The predicted octanol–water partition coefficient (Wildman–Crippen LogP) is 10.4. The summed E-state index contributed by atoms with van der Waals surface area (Å²) in [6.45, 7) is 12.2. The molecule has 0 radical (unpaired) electrons. The Balaban J connectivity index is 0.000000128. The van der Waals surface area contributed by atoms with E-state index in [1.165, 1.54) is 62.7 Å². The van der Waals surface area contributed by atoms with Crippen molar-refractivity contribution in [3.8, 4) is 0 Å². The van der Waals surface area contributed by atoms with E-state index >= 15 is 0 Å². The Bertz CT molecular complexity index is 5140. The second-order valence-corrected chi connectivity index (χ2v) is 30.9. The molecule has 3 aliphatic heterocycles. The third kappa shape index (κ3) is 20.0. The second kappa shape index (κ2) is 39.4. The first-order valence-electron chi connectivity index (χ1n) is 41.8. The number of hydrogen-bond acceptors (Lipinski definition) is 24. The van der Waals surface area contributed by atoms with Crippen LogP contribution in [0, 0.1) is 21.5 Å². The molecular weight excluding hydrogens is 1470 g/mol. The van der Waals surface area contributed by atoms with Gasteiger partial charge in [0.15, 0.2) is 59.8 Å². The minimum atomic E-state index is 0.185. The number of piperidine rings is 3. The fourth-order valence-electron chi connectivity index (χ4n) is 16.6. The lowest BCUT2D eigenvalue weighted by Gasteiger charge is -2.36. The van der Waals surface area contributed by atoms with Crippen molar-refractivity contribution in [2.45, 2.75) is 212 Å². The molecule has 5 atom stereocenters. The van der Waals surface area contributed by atoms with E-state index in [4.69, 9.17) is 19.9 Å². The second-order valence-electron chi connectivity index (χ2n) is 30.9. The summed E-state index contributed by atoms with van der Waals surface area (Å²) < 4.78 is 9.84. The van der Waals surface area contributed by atoms with E-state index in [1.54, 1.807) is 43.0 Å². The predicted molar refractivity (Wildman–Crippen MR) is 448 cm³/mol. The SMILES string of the molecule is CCc1cnn2c(NCc3ccc[n+]([O-])c3)cc(N3CCCC[C@H]3CCO)nc12.CCc1cnn2c(NCc3ccc[n+]([O-])c3)cc(N[C@H]3CCCC[C@H]3CO)nc12.CCc1cnn2c(NCc3cccnc3)cc(N3CCCC[C@H]3CCO)nc12.[O-][n+]1cccc(CNc2cc(N3CCCC[C@H]3CCO)nc3c(C4CC4)cnn23)c1. The minimum Gasteiger partial charge on any atom is -0.619 e. The number of aliphatic hydroxyl groups excluding tert-OH is 4. The molecule has 17 rings (SSSR count). The van der Waals surface area contributed by atoms with Gasteiger partial charge in [-0.3, -0.25) is 4.98 Å². The normalized spacial score (nSPS) is 18.3. The zero-order chi connectivity index (χ0) is 80.3. The van der Waals surface area contributed by atoms with Crippen LogP contribution in [0.4, 0.5) is 46.5 Å². The molecule has 15 heterocycles. The summed E-state index contributed by atoms with van der Waals surface area (Å²) in [5.74, 6) is 7.88. The maximum atomic E-state index is 11.6. The van der Waals surface area contributed by atoms with Gasteiger partial charge in [-0.25, -0.2) is 19.9 Å². The van der Waals surface area contributed by atoms with Crippen molar-refractivity contribution in [1.82, 2.24) is 63.4 Å². The maximum Gasteiger partial charge on any atom is 0.185 e. The Hall–Kier alpha value is -11.3. The lowest BCUT2D eigenvalue weighted by molar-refractivity contribution is -0.606. The molecule has 0 unspecified atom stereocenters. The van der Waals surface area contributed by atoms with E-state index < -0.39 is 0 Å². The van der Waals surface area contributed by atoms with Gasteiger partial charge >= 0.3 is 0 Å². The van der Waals surface area contributed by atoms with Crippen LogP contribution in [0.15, 0.2) is 147 Å². The van der Waals surface area contributed by atoms with Crippen LogP contribution in [0.2, 0.25) is 0 Å². The van der Waals surface area contributed by atoms with Crippen molar-refractivity contribution in [3.63, 3.8) is 0 Å². The Kier molecular flexibility index (Phi) is 27.6. The Morgan fingerprint density at radius 2 is 0.810 bits per heavy atom. The molecular formula is C85H112N24O7. The van der Waals surface area contributed by atoms with Gasteiger partial charge in [-0.05, 0) is 158 Å². The highest BCUT2D eigenvalue weighted by Crippen LogP contribution is 2.43. The number of nitrogens with one attached hydrogen (secondary N) is 5. The Labute approximate surface area is 676 Å². The lowest BCUT2D eigenvalue weighted by atomic mass is 9.85. The third-order valence-corrected chi connectivity index (χ3v) is 23.0. The maximum absolute atomic E-state index is 11.6. The number of nitrogens with zero attached hydrogens (tertiary/aromatic N) is 19. The summed E-state index contributed by atoms with van der Waals surface area (Å²) >= 11 is 0. The molecule has 0 spiro atoms. The van der Waals surface area contributed by atoms with E-state index in [1.807, 2.05) is 85.4 Å². The first-order valence-corrected chi connectivity index (χ1v) is 41.8. The van der Waals surface area contributed by atoms with Gasteiger partial charge in [-0.2, -0.15) is 52.6 Å².